The number of hydrogen-bond acceptors (Lipinski definition) is 5. The van der Waals surface area contributed by atoms with Crippen molar-refractivity contribution in [1.82, 2.24) is 5.32 Å². The molecule has 1 aliphatic heterocycles. The van der Waals surface area contributed by atoms with Gasteiger partial charge in [0, 0.05) is 29.2 Å². The smallest absolute Gasteiger partial charge is 0.257 e. The Hall–Kier alpha value is -4.55. The molecule has 11 heteroatoms. The number of hydrogen-bond donors (Lipinski definition) is 2. The van der Waals surface area contributed by atoms with E-state index in [2.05, 4.69) is 17.4 Å². The van der Waals surface area contributed by atoms with Crippen molar-refractivity contribution in [2.45, 2.75) is 43.0 Å². The third-order valence-corrected chi connectivity index (χ3v) is 9.27. The van der Waals surface area contributed by atoms with Crippen LogP contribution in [0.3, 0.4) is 0 Å². The first-order chi connectivity index (χ1) is 23.7. The Balaban J connectivity index is 1.16. The summed E-state index contributed by atoms with van der Waals surface area (Å²) in [6, 6.07) is 32.3. The summed E-state index contributed by atoms with van der Waals surface area (Å²) in [4.78, 5) is 13.6. The number of benzene rings is 5. The van der Waals surface area contributed by atoms with Crippen molar-refractivity contribution >= 4 is 17.7 Å². The first-order valence-corrected chi connectivity index (χ1v) is 16.4. The van der Waals surface area contributed by atoms with Crippen molar-refractivity contribution in [2.75, 3.05) is 5.75 Å². The predicted molar refractivity (Wildman–Crippen MR) is 175 cm³/mol. The maximum Gasteiger partial charge on any atom is 0.257 e. The van der Waals surface area contributed by atoms with E-state index in [-0.39, 0.29) is 25.4 Å². The van der Waals surface area contributed by atoms with Crippen LogP contribution in [0.1, 0.15) is 51.4 Å². The highest BCUT2D eigenvalue weighted by Crippen LogP contribution is 2.40. The van der Waals surface area contributed by atoms with Gasteiger partial charge in [-0.05, 0) is 46.0 Å². The molecule has 252 valence electrons. The highest BCUT2D eigenvalue weighted by atomic mass is 32.2. The average Bonchev–Trinajstić information content (AvgIpc) is 3.15. The predicted octanol–water partition coefficient (Wildman–Crippen LogP) is 8.81. The lowest BCUT2D eigenvalue weighted by molar-refractivity contribution is -0.245. The number of nitrogens with one attached hydrogen (secondary N) is 1. The summed E-state index contributed by atoms with van der Waals surface area (Å²) >= 11 is 1.71. The number of halogens is 5. The minimum absolute atomic E-state index is 0.0455. The lowest BCUT2D eigenvalue weighted by atomic mass is 9.99. The molecule has 0 bridgehead atoms. The molecule has 5 aromatic rings. The standard InChI is InChI=1S/C38H30F5NO4S/c39-32-31(33(40)35(42)36(43)34(32)41)37(46)44-19-23-5-4-6-27(17-23)24-13-15-26(16-14-24)38-47-28(21-49-29-7-2-1-3-8-29)18-30(48-38)25-11-9-22(20-45)10-12-25/h1-17,28,30,38,45H,18-21H2,(H,44,46). The van der Waals surface area contributed by atoms with Gasteiger partial charge in [0.15, 0.2) is 29.6 Å². The molecular formula is C38H30F5NO4S. The van der Waals surface area contributed by atoms with E-state index in [0.29, 0.717) is 12.0 Å². The molecule has 6 rings (SSSR count). The number of ether oxygens (including phenoxy) is 2. The van der Waals surface area contributed by atoms with E-state index in [1.165, 1.54) is 0 Å². The second-order valence-corrected chi connectivity index (χ2v) is 12.5. The summed E-state index contributed by atoms with van der Waals surface area (Å²) in [5.41, 5.74) is 3.18. The molecule has 3 unspecified atom stereocenters. The van der Waals surface area contributed by atoms with Crippen molar-refractivity contribution in [3.8, 4) is 11.1 Å². The van der Waals surface area contributed by atoms with E-state index in [1.54, 1.807) is 30.0 Å². The molecular weight excluding hydrogens is 661 g/mol. The molecule has 5 aromatic carbocycles. The third-order valence-electron chi connectivity index (χ3n) is 8.13. The number of carbonyl (C=O) groups is 1. The molecule has 0 radical (unpaired) electrons. The van der Waals surface area contributed by atoms with E-state index in [0.717, 1.165) is 38.5 Å². The number of amides is 1. The fourth-order valence-corrected chi connectivity index (χ4v) is 6.44. The zero-order valence-electron chi connectivity index (χ0n) is 25.8. The summed E-state index contributed by atoms with van der Waals surface area (Å²) in [5.74, 6) is -11.8. The lowest BCUT2D eigenvalue weighted by Crippen LogP contribution is -2.31. The first-order valence-electron chi connectivity index (χ1n) is 15.4. The first kappa shape index (κ1) is 34.3. The average molecular weight is 692 g/mol. The molecule has 49 heavy (non-hydrogen) atoms. The number of rotatable bonds is 10. The molecule has 2 N–H and O–H groups in total. The Morgan fingerprint density at radius 2 is 1.37 bits per heavy atom. The van der Waals surface area contributed by atoms with Gasteiger partial charge in [0.05, 0.1) is 18.8 Å². The van der Waals surface area contributed by atoms with Gasteiger partial charge < -0.3 is 19.9 Å². The Bertz CT molecular complexity index is 1900. The van der Waals surface area contributed by atoms with Crippen LogP contribution in [0.5, 0.6) is 0 Å². The van der Waals surface area contributed by atoms with E-state index in [4.69, 9.17) is 9.47 Å². The molecule has 0 saturated carbocycles. The molecule has 1 saturated heterocycles. The number of carbonyl (C=O) groups excluding carboxylic acids is 1. The van der Waals surface area contributed by atoms with Crippen molar-refractivity contribution in [2.24, 2.45) is 0 Å². The van der Waals surface area contributed by atoms with Gasteiger partial charge in [-0.3, -0.25) is 4.79 Å². The van der Waals surface area contributed by atoms with Crippen molar-refractivity contribution in [3.05, 3.63) is 160 Å². The molecule has 5 nitrogen and oxygen atoms in total. The van der Waals surface area contributed by atoms with Crippen molar-refractivity contribution < 1.29 is 41.3 Å². The SMILES string of the molecule is O=C(NCc1cccc(-c2ccc(C3OC(CSc4ccccc4)CC(c4ccc(CO)cc4)O3)cc2)c1)c1c(F)c(F)c(F)c(F)c1F. The second-order valence-electron chi connectivity index (χ2n) is 11.4. The Morgan fingerprint density at radius 1 is 0.714 bits per heavy atom. The third kappa shape index (κ3) is 7.86. The Kier molecular flexibility index (Phi) is 10.7. The maximum atomic E-state index is 14.1. The molecule has 3 atom stereocenters. The van der Waals surface area contributed by atoms with Crippen LogP contribution >= 0.6 is 11.8 Å². The summed E-state index contributed by atoms with van der Waals surface area (Å²) in [5, 5.41) is 11.7. The zero-order valence-corrected chi connectivity index (χ0v) is 26.7. The van der Waals surface area contributed by atoms with E-state index >= 15 is 0 Å². The monoisotopic (exact) mass is 691 g/mol. The van der Waals surface area contributed by atoms with Crippen LogP contribution in [0.25, 0.3) is 11.1 Å². The van der Waals surface area contributed by atoms with Gasteiger partial charge >= 0.3 is 0 Å². The van der Waals surface area contributed by atoms with E-state index < -0.39 is 46.8 Å². The normalized spacial score (nSPS) is 17.6. The Labute approximate surface area is 283 Å². The van der Waals surface area contributed by atoms with Gasteiger partial charge in [-0.1, -0.05) is 84.9 Å². The molecule has 1 fully saturated rings. The van der Waals surface area contributed by atoms with Gasteiger partial charge in [0.25, 0.3) is 5.91 Å². The fraction of sp³-hybridized carbons (Fsp3) is 0.184. The second kappa shape index (κ2) is 15.3. The van der Waals surface area contributed by atoms with Gasteiger partial charge in [-0.2, -0.15) is 0 Å². The van der Waals surface area contributed by atoms with Crippen LogP contribution in [0.2, 0.25) is 0 Å². The van der Waals surface area contributed by atoms with Crippen LogP contribution < -0.4 is 5.32 Å². The number of aliphatic hydroxyl groups excluding tert-OH is 1. The number of aliphatic hydroxyl groups is 1. The molecule has 0 aliphatic carbocycles. The van der Waals surface area contributed by atoms with Gasteiger partial charge in [0.2, 0.25) is 5.82 Å². The highest BCUT2D eigenvalue weighted by molar-refractivity contribution is 7.99. The summed E-state index contributed by atoms with van der Waals surface area (Å²) in [6.45, 7) is -0.271. The summed E-state index contributed by atoms with van der Waals surface area (Å²) < 4.78 is 81.6. The van der Waals surface area contributed by atoms with Crippen LogP contribution in [-0.2, 0) is 22.6 Å². The maximum absolute atomic E-state index is 14.1. The van der Waals surface area contributed by atoms with Crippen molar-refractivity contribution in [1.29, 1.82) is 0 Å². The van der Waals surface area contributed by atoms with E-state index in [1.807, 2.05) is 72.8 Å². The minimum atomic E-state index is -2.33. The molecule has 1 amide bonds. The van der Waals surface area contributed by atoms with Crippen LogP contribution in [0, 0.1) is 29.1 Å². The lowest BCUT2D eigenvalue weighted by Gasteiger charge is -2.36. The molecule has 1 heterocycles. The van der Waals surface area contributed by atoms with Crippen LogP contribution in [-0.4, -0.2) is 22.9 Å². The molecule has 0 aromatic heterocycles. The quantitative estimate of drug-likeness (QED) is 0.0664. The summed E-state index contributed by atoms with van der Waals surface area (Å²) in [6.07, 6.45) is -0.331. The minimum Gasteiger partial charge on any atom is -0.392 e. The van der Waals surface area contributed by atoms with Crippen LogP contribution in [0.4, 0.5) is 22.0 Å². The van der Waals surface area contributed by atoms with Gasteiger partial charge in [-0.15, -0.1) is 11.8 Å². The van der Waals surface area contributed by atoms with Gasteiger partial charge in [0.1, 0.15) is 5.56 Å². The largest absolute Gasteiger partial charge is 0.392 e. The van der Waals surface area contributed by atoms with E-state index in [9.17, 15) is 31.9 Å². The molecule has 1 aliphatic rings. The fourth-order valence-electron chi connectivity index (χ4n) is 5.50. The topological polar surface area (TPSA) is 67.8 Å². The van der Waals surface area contributed by atoms with Crippen LogP contribution in [0.15, 0.2) is 108 Å². The highest BCUT2D eigenvalue weighted by Gasteiger charge is 2.33. The van der Waals surface area contributed by atoms with Gasteiger partial charge in [-0.25, -0.2) is 22.0 Å². The summed E-state index contributed by atoms with van der Waals surface area (Å²) in [7, 11) is 0. The molecule has 0 spiro atoms. The number of thioether (sulfide) groups is 1. The van der Waals surface area contributed by atoms with Crippen molar-refractivity contribution in [3.63, 3.8) is 0 Å². The zero-order chi connectivity index (χ0) is 34.5. The Morgan fingerprint density at radius 3 is 2.04 bits per heavy atom.